The highest BCUT2D eigenvalue weighted by molar-refractivity contribution is 7.71. The average molecular weight is 287 g/mol. The van der Waals surface area contributed by atoms with Gasteiger partial charge in [-0.25, -0.2) is 4.98 Å². The van der Waals surface area contributed by atoms with E-state index in [1.54, 1.807) is 23.0 Å². The van der Waals surface area contributed by atoms with Crippen molar-refractivity contribution in [2.75, 3.05) is 0 Å². The summed E-state index contributed by atoms with van der Waals surface area (Å²) in [5, 5.41) is 7.52. The molecular formula is C13H13N5OS. The molecule has 0 bridgehead atoms. The zero-order valence-electron chi connectivity index (χ0n) is 11.0. The number of H-pyrrole nitrogens is 2. The van der Waals surface area contributed by atoms with Crippen molar-refractivity contribution in [1.82, 2.24) is 24.7 Å². The fourth-order valence-electron chi connectivity index (χ4n) is 2.21. The molecule has 102 valence electrons. The van der Waals surface area contributed by atoms with Gasteiger partial charge in [-0.15, -0.1) is 0 Å². The highest BCUT2D eigenvalue weighted by Crippen LogP contribution is 2.20. The third-order valence-corrected chi connectivity index (χ3v) is 3.41. The molecule has 0 aliphatic heterocycles. The minimum absolute atomic E-state index is 0.0588. The quantitative estimate of drug-likeness (QED) is 0.573. The molecule has 7 heteroatoms. The number of aromatic nitrogens is 5. The number of rotatable bonds is 3. The van der Waals surface area contributed by atoms with Crippen molar-refractivity contribution in [2.24, 2.45) is 0 Å². The molecule has 2 N–H and O–H groups in total. The summed E-state index contributed by atoms with van der Waals surface area (Å²) in [5.74, 6) is 0.139. The maximum Gasteiger partial charge on any atom is 0.232 e. The van der Waals surface area contributed by atoms with Gasteiger partial charge in [0.25, 0.3) is 0 Å². The number of carbonyl (C=O) groups is 1. The lowest BCUT2D eigenvalue weighted by atomic mass is 10.1. The van der Waals surface area contributed by atoms with Crippen LogP contribution in [0.2, 0.25) is 0 Å². The van der Waals surface area contributed by atoms with Crippen molar-refractivity contribution in [3.8, 4) is 0 Å². The maximum absolute atomic E-state index is 12.7. The zero-order chi connectivity index (χ0) is 14.3. The van der Waals surface area contributed by atoms with Crippen molar-refractivity contribution in [3.63, 3.8) is 0 Å². The van der Waals surface area contributed by atoms with Gasteiger partial charge in [-0.2, -0.15) is 5.10 Å². The summed E-state index contributed by atoms with van der Waals surface area (Å²) in [4.78, 5) is 19.8. The van der Waals surface area contributed by atoms with Gasteiger partial charge in [-0.3, -0.25) is 14.5 Å². The van der Waals surface area contributed by atoms with Crippen LogP contribution in [0.3, 0.4) is 0 Å². The van der Waals surface area contributed by atoms with E-state index < -0.39 is 0 Å². The number of hydrogen-bond acceptors (Lipinski definition) is 4. The van der Waals surface area contributed by atoms with Gasteiger partial charge in [0.15, 0.2) is 4.77 Å². The van der Waals surface area contributed by atoms with Crippen LogP contribution in [0.4, 0.5) is 0 Å². The third-order valence-electron chi connectivity index (χ3n) is 3.12. The number of pyridine rings is 1. The fourth-order valence-corrected chi connectivity index (χ4v) is 2.55. The van der Waals surface area contributed by atoms with Crippen molar-refractivity contribution in [1.29, 1.82) is 0 Å². The van der Waals surface area contributed by atoms with E-state index in [1.807, 2.05) is 19.9 Å². The van der Waals surface area contributed by atoms with Gasteiger partial charge >= 0.3 is 0 Å². The maximum atomic E-state index is 12.7. The standard InChI is InChI=1S/C13H13N5OS/c1-7(2)18-12(16-17-13(18)20)10(19)9-6-15-11-8(9)4-3-5-14-11/h3-7H,1-2H3,(H,14,15)(H,17,20). The molecule has 0 saturated heterocycles. The number of nitrogens with one attached hydrogen (secondary N) is 2. The van der Waals surface area contributed by atoms with Gasteiger partial charge in [-0.1, -0.05) is 0 Å². The summed E-state index contributed by atoms with van der Waals surface area (Å²) in [6, 6.07) is 3.71. The van der Waals surface area contributed by atoms with E-state index in [9.17, 15) is 4.79 Å². The molecule has 0 aliphatic carbocycles. The average Bonchev–Trinajstić information content (AvgIpc) is 3.01. The minimum Gasteiger partial charge on any atom is -0.345 e. The second-order valence-electron chi connectivity index (χ2n) is 4.75. The number of ketones is 1. The largest absolute Gasteiger partial charge is 0.345 e. The molecule has 0 spiro atoms. The van der Waals surface area contributed by atoms with E-state index in [4.69, 9.17) is 12.2 Å². The highest BCUT2D eigenvalue weighted by atomic mass is 32.1. The molecule has 0 amide bonds. The minimum atomic E-state index is -0.176. The van der Waals surface area contributed by atoms with E-state index in [2.05, 4.69) is 20.2 Å². The normalized spacial score (nSPS) is 11.3. The van der Waals surface area contributed by atoms with Crippen molar-refractivity contribution in [3.05, 3.63) is 40.7 Å². The molecule has 20 heavy (non-hydrogen) atoms. The summed E-state index contributed by atoms with van der Waals surface area (Å²) in [5.41, 5.74) is 1.23. The summed E-state index contributed by atoms with van der Waals surface area (Å²) in [7, 11) is 0. The van der Waals surface area contributed by atoms with E-state index in [-0.39, 0.29) is 11.8 Å². The van der Waals surface area contributed by atoms with Crippen LogP contribution in [-0.2, 0) is 0 Å². The Morgan fingerprint density at radius 3 is 3.00 bits per heavy atom. The molecule has 0 radical (unpaired) electrons. The molecule has 3 aromatic rings. The first-order chi connectivity index (χ1) is 9.59. The lowest BCUT2D eigenvalue weighted by Gasteiger charge is -2.08. The Balaban J connectivity index is 2.16. The molecule has 3 heterocycles. The third kappa shape index (κ3) is 1.87. The van der Waals surface area contributed by atoms with Crippen LogP contribution >= 0.6 is 12.2 Å². The number of carbonyl (C=O) groups excluding carboxylic acids is 1. The van der Waals surface area contributed by atoms with Gasteiger partial charge in [0, 0.05) is 23.8 Å². The molecular weight excluding hydrogens is 274 g/mol. The predicted octanol–water partition coefficient (Wildman–Crippen LogP) is 2.63. The molecule has 0 fully saturated rings. The zero-order valence-corrected chi connectivity index (χ0v) is 11.9. The van der Waals surface area contributed by atoms with Crippen molar-refractivity contribution < 1.29 is 4.79 Å². The summed E-state index contributed by atoms with van der Waals surface area (Å²) in [6.45, 7) is 3.91. The molecule has 0 saturated carbocycles. The second-order valence-corrected chi connectivity index (χ2v) is 5.13. The Bertz CT molecular complexity index is 842. The molecule has 0 atom stereocenters. The van der Waals surface area contributed by atoms with Gasteiger partial charge < -0.3 is 4.98 Å². The molecule has 0 aromatic carbocycles. The summed E-state index contributed by atoms with van der Waals surface area (Å²) >= 11 is 5.17. The van der Waals surface area contributed by atoms with Crippen LogP contribution in [0.15, 0.2) is 24.5 Å². The Morgan fingerprint density at radius 1 is 1.45 bits per heavy atom. The Labute approximate surface area is 119 Å². The number of fused-ring (bicyclic) bond motifs is 1. The lowest BCUT2D eigenvalue weighted by molar-refractivity contribution is 0.102. The Morgan fingerprint density at radius 2 is 2.25 bits per heavy atom. The molecule has 0 unspecified atom stereocenters. The van der Waals surface area contributed by atoms with Crippen LogP contribution in [-0.4, -0.2) is 30.5 Å². The topological polar surface area (TPSA) is 79.4 Å². The highest BCUT2D eigenvalue weighted by Gasteiger charge is 2.21. The Kier molecular flexibility index (Phi) is 2.98. The number of hydrogen-bond donors (Lipinski definition) is 2. The van der Waals surface area contributed by atoms with Crippen LogP contribution < -0.4 is 0 Å². The monoisotopic (exact) mass is 287 g/mol. The fraction of sp³-hybridized carbons (Fsp3) is 0.231. The van der Waals surface area contributed by atoms with Gasteiger partial charge in [0.05, 0.1) is 5.56 Å². The number of aromatic amines is 2. The summed E-state index contributed by atoms with van der Waals surface area (Å²) < 4.78 is 2.16. The summed E-state index contributed by atoms with van der Waals surface area (Å²) in [6.07, 6.45) is 3.33. The van der Waals surface area contributed by atoms with Gasteiger partial charge in [0.2, 0.25) is 11.6 Å². The molecule has 0 aliphatic rings. The van der Waals surface area contributed by atoms with E-state index in [0.717, 1.165) is 5.39 Å². The SMILES string of the molecule is CC(C)n1c(C(=O)c2c[nH]c3ncccc23)n[nH]c1=S. The smallest absolute Gasteiger partial charge is 0.232 e. The van der Waals surface area contributed by atoms with E-state index in [0.29, 0.717) is 21.8 Å². The van der Waals surface area contributed by atoms with Gasteiger partial charge in [-0.05, 0) is 38.2 Å². The first kappa shape index (κ1) is 12.7. The van der Waals surface area contributed by atoms with Crippen molar-refractivity contribution in [2.45, 2.75) is 19.9 Å². The van der Waals surface area contributed by atoms with Crippen LogP contribution in [0.5, 0.6) is 0 Å². The van der Waals surface area contributed by atoms with Crippen LogP contribution in [0.1, 0.15) is 36.1 Å². The predicted molar refractivity (Wildman–Crippen MR) is 77.3 cm³/mol. The molecule has 3 rings (SSSR count). The van der Waals surface area contributed by atoms with E-state index in [1.165, 1.54) is 0 Å². The molecule has 3 aromatic heterocycles. The first-order valence-electron chi connectivity index (χ1n) is 6.23. The lowest BCUT2D eigenvalue weighted by Crippen LogP contribution is -2.13. The molecule has 6 nitrogen and oxygen atoms in total. The van der Waals surface area contributed by atoms with Crippen LogP contribution in [0.25, 0.3) is 11.0 Å². The van der Waals surface area contributed by atoms with Crippen LogP contribution in [0, 0.1) is 4.77 Å². The van der Waals surface area contributed by atoms with Gasteiger partial charge in [0.1, 0.15) is 5.65 Å². The Hall–Kier alpha value is -2.28. The number of nitrogens with zero attached hydrogens (tertiary/aromatic N) is 3. The van der Waals surface area contributed by atoms with E-state index >= 15 is 0 Å². The second kappa shape index (κ2) is 4.68. The first-order valence-corrected chi connectivity index (χ1v) is 6.64. The van der Waals surface area contributed by atoms with Crippen molar-refractivity contribution >= 4 is 29.0 Å².